The van der Waals surface area contributed by atoms with Gasteiger partial charge in [-0.1, -0.05) is 331 Å². The summed E-state index contributed by atoms with van der Waals surface area (Å²) in [5.41, 5.74) is 39.0. The highest BCUT2D eigenvalue weighted by molar-refractivity contribution is 9.10. The van der Waals surface area contributed by atoms with Gasteiger partial charge in [0.15, 0.2) is 0 Å². The van der Waals surface area contributed by atoms with E-state index in [1.54, 1.807) is 0 Å². The van der Waals surface area contributed by atoms with E-state index in [4.69, 9.17) is 17.7 Å². The fraction of sp³-hybridized carbons (Fsp3) is 0.00775. The maximum atomic E-state index is 6.41. The first-order valence-corrected chi connectivity index (χ1v) is 47.3. The van der Waals surface area contributed by atoms with Gasteiger partial charge in [-0.3, -0.25) is 0 Å². The van der Waals surface area contributed by atoms with Gasteiger partial charge in [0, 0.05) is 110 Å². The molecule has 137 heavy (non-hydrogen) atoms. The van der Waals surface area contributed by atoms with Gasteiger partial charge in [-0.05, 0) is 264 Å². The normalized spacial score (nSPS) is 12.0. The molecule has 0 saturated heterocycles. The monoisotopic (exact) mass is 1820 g/mol. The van der Waals surface area contributed by atoms with Crippen LogP contribution in [0.15, 0.2) is 507 Å². The van der Waals surface area contributed by atoms with E-state index in [0.29, 0.717) is 0 Å². The molecule has 0 spiro atoms. The molecule has 0 saturated carbocycles. The molecule has 22 aromatic carbocycles. The van der Waals surface area contributed by atoms with Crippen LogP contribution >= 0.6 is 15.9 Å². The summed E-state index contributed by atoms with van der Waals surface area (Å²) >= 11 is 3.56. The van der Waals surface area contributed by atoms with Crippen molar-refractivity contribution >= 4 is 176 Å². The summed E-state index contributed by atoms with van der Waals surface area (Å²) in [5, 5.41) is 14.1. The minimum absolute atomic E-state index is 0.847. The highest BCUT2D eigenvalue weighted by atomic mass is 79.9. The van der Waals surface area contributed by atoms with Crippen LogP contribution in [-0.4, -0.2) is 0 Å². The fourth-order valence-corrected chi connectivity index (χ4v) is 21.1. The minimum atomic E-state index is 0.847. The standard InChI is InChI=1S/C64H40N2O2.C40H26BrN.C25H16O2/c1-2-12-41(13-3-1)46-18-9-19-49(37-46)66-58-35-28-47(38-57(58)56-22-10-14-43-15-11-23-59(66)64(43)56)45-17-8-16-44(36-45)42-26-29-48(30-27-42)65(50-31-33-54-52-20-4-6-24-60(52)67-62(54)39-50)51-32-34-55-53-21-5-7-25-61(53)68-63(55)40-51;41-34-21-18-28(19-22-34)30-12-4-13-31(24-30)33-20-23-38-37(26-33)36-16-6-10-29-11-7-17-39(40(29)36)42(38)35-15-5-14-32(25-35)27-8-2-1-3-9-27;1-3-7-22-18(5-1)20-11-9-16(14-24(20)26-22)13-17-10-12-21-19-6-2-4-8-23(19)27-25(21)15-17/h1-40H;1-26H;1-12,14-15H,13H2. The zero-order chi connectivity index (χ0) is 90.5. The molecule has 644 valence electrons. The average Bonchev–Trinajstić information content (AvgIpc) is 1.31. The van der Waals surface area contributed by atoms with Crippen molar-refractivity contribution in [3.8, 4) is 89.0 Å². The van der Waals surface area contributed by atoms with Crippen molar-refractivity contribution in [1.82, 2.24) is 0 Å². The van der Waals surface area contributed by atoms with Crippen LogP contribution in [0.25, 0.3) is 198 Å². The molecule has 0 N–H and O–H groups in total. The van der Waals surface area contributed by atoms with Gasteiger partial charge in [-0.15, -0.1) is 0 Å². The summed E-state index contributed by atoms with van der Waals surface area (Å²) in [7, 11) is 0. The van der Waals surface area contributed by atoms with Crippen LogP contribution in [0.2, 0.25) is 0 Å². The highest BCUT2D eigenvalue weighted by Crippen LogP contribution is 2.56. The lowest BCUT2D eigenvalue weighted by Crippen LogP contribution is -2.15. The quantitative estimate of drug-likeness (QED) is 0.114. The molecule has 0 radical (unpaired) electrons. The Morgan fingerprint density at radius 2 is 0.489 bits per heavy atom. The Kier molecular flexibility index (Phi) is 19.7. The molecule has 7 nitrogen and oxygen atoms in total. The molecule has 0 atom stereocenters. The van der Waals surface area contributed by atoms with Crippen molar-refractivity contribution in [1.29, 1.82) is 0 Å². The van der Waals surface area contributed by atoms with Gasteiger partial charge in [0.05, 0.1) is 22.7 Å². The summed E-state index contributed by atoms with van der Waals surface area (Å²) in [6, 6.07) is 174. The lowest BCUT2D eigenvalue weighted by molar-refractivity contribution is 0.667. The third kappa shape index (κ3) is 14.5. The van der Waals surface area contributed by atoms with Crippen LogP contribution in [0, 0.1) is 0 Å². The van der Waals surface area contributed by atoms with Crippen LogP contribution < -0.4 is 14.7 Å². The number of anilines is 9. The number of para-hydroxylation sites is 4. The van der Waals surface area contributed by atoms with Crippen molar-refractivity contribution in [2.75, 3.05) is 14.7 Å². The molecule has 0 bridgehead atoms. The molecule has 0 fully saturated rings. The van der Waals surface area contributed by atoms with Crippen LogP contribution in [0.1, 0.15) is 11.1 Å². The van der Waals surface area contributed by atoms with Gasteiger partial charge >= 0.3 is 0 Å². The van der Waals surface area contributed by atoms with Gasteiger partial charge in [-0.25, -0.2) is 0 Å². The van der Waals surface area contributed by atoms with Crippen LogP contribution in [-0.2, 0) is 6.42 Å². The Morgan fingerprint density at radius 3 is 0.905 bits per heavy atom. The molecule has 26 aromatic rings. The number of benzene rings is 22. The van der Waals surface area contributed by atoms with Crippen molar-refractivity contribution in [2.24, 2.45) is 0 Å². The molecular formula is C129H82BrN3O4. The Bertz CT molecular complexity index is 9010. The predicted octanol–water partition coefficient (Wildman–Crippen LogP) is 37.7. The molecule has 2 aliphatic heterocycles. The molecule has 0 amide bonds. The number of furan rings is 4. The minimum Gasteiger partial charge on any atom is -0.456 e. The largest absolute Gasteiger partial charge is 0.456 e. The zero-order valence-electron chi connectivity index (χ0n) is 74.2. The number of hydrogen-bond donors (Lipinski definition) is 0. The smallest absolute Gasteiger partial charge is 0.137 e. The number of fused-ring (bicyclic) bond motifs is 16. The lowest BCUT2D eigenvalue weighted by Gasteiger charge is -2.34. The van der Waals surface area contributed by atoms with Gasteiger partial charge in [0.25, 0.3) is 0 Å². The predicted molar refractivity (Wildman–Crippen MR) is 575 cm³/mol. The van der Waals surface area contributed by atoms with Crippen LogP contribution in [0.4, 0.5) is 51.2 Å². The van der Waals surface area contributed by atoms with Gasteiger partial charge < -0.3 is 32.4 Å². The molecule has 0 unspecified atom stereocenters. The van der Waals surface area contributed by atoms with Gasteiger partial charge in [0.1, 0.15) is 44.7 Å². The second kappa shape index (κ2) is 33.6. The van der Waals surface area contributed by atoms with Crippen molar-refractivity contribution in [3.05, 3.63) is 501 Å². The number of hydrogen-bond acceptors (Lipinski definition) is 7. The van der Waals surface area contributed by atoms with Crippen molar-refractivity contribution in [2.45, 2.75) is 6.42 Å². The number of rotatable bonds is 13. The SMILES string of the molecule is Brc1ccc(-c2cccc(-c3ccc4c(c3)-c3cccc5cccc(c35)N4c3cccc(-c4ccccc4)c3)c2)cc1.c1ccc(-c2cccc(N3c4ccc(-c5cccc(-c6ccc(N(c7ccc8c(c7)oc7ccccc78)c7ccc8c(c7)oc7ccccc78)cc6)c5)cc4-c4cccc5cccc3c45)c2)cc1.c1ccc2c(c1)oc1cc(Cc3ccc4c(c3)oc3ccccc34)ccc12. The first-order valence-electron chi connectivity index (χ1n) is 46.5. The van der Waals surface area contributed by atoms with E-state index in [1.807, 2.05) is 60.7 Å². The Hall–Kier alpha value is -17.6. The molecule has 8 heteroatoms. The molecule has 0 aliphatic carbocycles. The summed E-state index contributed by atoms with van der Waals surface area (Å²) < 4.78 is 25.9. The van der Waals surface area contributed by atoms with Crippen molar-refractivity contribution < 1.29 is 17.7 Å². The molecule has 2 aliphatic rings. The summed E-state index contributed by atoms with van der Waals surface area (Å²) in [5.74, 6) is 0. The van der Waals surface area contributed by atoms with Crippen molar-refractivity contribution in [3.63, 3.8) is 0 Å². The van der Waals surface area contributed by atoms with Crippen LogP contribution in [0.3, 0.4) is 0 Å². The topological polar surface area (TPSA) is 62.3 Å². The second-order valence-corrected chi connectivity index (χ2v) is 36.4. The summed E-state index contributed by atoms with van der Waals surface area (Å²) in [4.78, 5) is 7.15. The average molecular weight is 1820 g/mol. The van der Waals surface area contributed by atoms with Gasteiger partial charge in [0.2, 0.25) is 0 Å². The van der Waals surface area contributed by atoms with E-state index < -0.39 is 0 Å². The van der Waals surface area contributed by atoms with E-state index in [0.717, 1.165) is 122 Å². The molecule has 6 heterocycles. The highest BCUT2D eigenvalue weighted by Gasteiger charge is 2.30. The van der Waals surface area contributed by atoms with Crippen LogP contribution in [0.5, 0.6) is 0 Å². The van der Waals surface area contributed by atoms with E-state index >= 15 is 0 Å². The number of nitrogens with zero attached hydrogens (tertiary/aromatic N) is 3. The molecule has 28 rings (SSSR count). The zero-order valence-corrected chi connectivity index (χ0v) is 75.8. The molecular weight excluding hydrogens is 1740 g/mol. The lowest BCUT2D eigenvalue weighted by atomic mass is 9.88. The van der Waals surface area contributed by atoms with E-state index in [2.05, 4.69) is 455 Å². The first-order chi connectivity index (χ1) is 67.8. The Balaban J connectivity index is 0.000000119. The van der Waals surface area contributed by atoms with E-state index in [1.165, 1.54) is 149 Å². The second-order valence-electron chi connectivity index (χ2n) is 35.5. The Labute approximate surface area is 799 Å². The van der Waals surface area contributed by atoms with E-state index in [-0.39, 0.29) is 0 Å². The maximum absolute atomic E-state index is 6.41. The Morgan fingerprint density at radius 1 is 0.190 bits per heavy atom. The fourth-order valence-electron chi connectivity index (χ4n) is 20.8. The first kappa shape index (κ1) is 80.3. The summed E-state index contributed by atoms with van der Waals surface area (Å²) in [6.07, 6.45) is 0.847. The molecule has 4 aromatic heterocycles. The van der Waals surface area contributed by atoms with Gasteiger partial charge in [-0.2, -0.15) is 0 Å². The third-order valence-corrected chi connectivity index (χ3v) is 27.8. The maximum Gasteiger partial charge on any atom is 0.137 e. The van der Waals surface area contributed by atoms with E-state index in [9.17, 15) is 0 Å². The number of halogens is 1. The third-order valence-electron chi connectivity index (χ3n) is 27.3. The summed E-state index contributed by atoms with van der Waals surface area (Å²) in [6.45, 7) is 0.